The molecule has 0 spiro atoms. The topological polar surface area (TPSA) is 59.9 Å². The van der Waals surface area contributed by atoms with E-state index >= 15 is 0 Å². The number of nitrogens with one attached hydrogen (secondary N) is 1. The largest absolute Gasteiger partial charge is 0.493 e. The highest BCUT2D eigenvalue weighted by Crippen LogP contribution is 2.28. The van der Waals surface area contributed by atoms with Crippen molar-refractivity contribution in [1.29, 1.82) is 0 Å². The van der Waals surface area contributed by atoms with Crippen molar-refractivity contribution in [2.45, 2.75) is 64.9 Å². The number of rotatable bonds is 14. The van der Waals surface area contributed by atoms with Crippen molar-refractivity contribution in [2.75, 3.05) is 7.11 Å². The van der Waals surface area contributed by atoms with E-state index in [4.69, 9.17) is 21.1 Å². The van der Waals surface area contributed by atoms with Crippen LogP contribution < -0.4 is 14.9 Å². The van der Waals surface area contributed by atoms with Crippen molar-refractivity contribution in [1.82, 2.24) is 5.43 Å². The molecule has 0 radical (unpaired) electrons. The van der Waals surface area contributed by atoms with Gasteiger partial charge in [-0.3, -0.25) is 4.79 Å². The zero-order valence-corrected chi connectivity index (χ0v) is 19.3. The first-order valence-electron chi connectivity index (χ1n) is 11.0. The molecule has 1 N–H and O–H groups in total. The van der Waals surface area contributed by atoms with Gasteiger partial charge in [0.25, 0.3) is 0 Å². The van der Waals surface area contributed by atoms with E-state index in [1.807, 2.05) is 42.5 Å². The summed E-state index contributed by atoms with van der Waals surface area (Å²) in [6.45, 7) is 2.63. The van der Waals surface area contributed by atoms with Gasteiger partial charge in [0.2, 0.25) is 5.91 Å². The fourth-order valence-corrected chi connectivity index (χ4v) is 3.23. The first kappa shape index (κ1) is 24.7. The maximum atomic E-state index is 11.9. The van der Waals surface area contributed by atoms with Gasteiger partial charge < -0.3 is 9.47 Å². The molecular formula is C25H33ClN2O3. The minimum Gasteiger partial charge on any atom is -0.493 e. The average Bonchev–Trinajstić information content (AvgIpc) is 2.78. The van der Waals surface area contributed by atoms with Crippen LogP contribution in [0.1, 0.15) is 69.4 Å². The normalized spacial score (nSPS) is 10.9. The van der Waals surface area contributed by atoms with Gasteiger partial charge in [0.05, 0.1) is 13.3 Å². The molecule has 5 nitrogen and oxygen atoms in total. The summed E-state index contributed by atoms with van der Waals surface area (Å²) in [5, 5.41) is 4.75. The Labute approximate surface area is 190 Å². The molecule has 0 atom stereocenters. The number of carbonyl (C=O) groups excluding carboxylic acids is 1. The van der Waals surface area contributed by atoms with Crippen LogP contribution in [0.4, 0.5) is 0 Å². The van der Waals surface area contributed by atoms with Crippen LogP contribution in [-0.4, -0.2) is 19.2 Å². The van der Waals surface area contributed by atoms with Gasteiger partial charge in [-0.15, -0.1) is 0 Å². The Morgan fingerprint density at radius 2 is 1.71 bits per heavy atom. The number of hydrogen-bond donors (Lipinski definition) is 1. The number of hydrogen-bond acceptors (Lipinski definition) is 4. The van der Waals surface area contributed by atoms with Crippen molar-refractivity contribution >= 4 is 23.7 Å². The summed E-state index contributed by atoms with van der Waals surface area (Å²) in [5.41, 5.74) is 4.42. The number of halogens is 1. The SMILES string of the molecule is CCCCCCCCCC(=O)N/N=C/c1ccc(OCc2ccc(Cl)cc2)c(OC)c1. The van der Waals surface area contributed by atoms with Crippen LogP contribution in [0.2, 0.25) is 5.02 Å². The molecule has 0 fully saturated rings. The number of nitrogens with zero attached hydrogens (tertiary/aromatic N) is 1. The minimum absolute atomic E-state index is 0.0558. The third-order valence-electron chi connectivity index (χ3n) is 4.91. The number of amides is 1. The molecule has 0 saturated carbocycles. The summed E-state index contributed by atoms with van der Waals surface area (Å²) in [6, 6.07) is 13.0. The highest BCUT2D eigenvalue weighted by Gasteiger charge is 2.06. The summed E-state index contributed by atoms with van der Waals surface area (Å²) in [4.78, 5) is 11.9. The Morgan fingerprint density at radius 3 is 2.42 bits per heavy atom. The summed E-state index contributed by atoms with van der Waals surface area (Å²) in [7, 11) is 1.59. The maximum Gasteiger partial charge on any atom is 0.240 e. The van der Waals surface area contributed by atoms with Crippen LogP contribution in [0.25, 0.3) is 0 Å². The molecule has 168 valence electrons. The lowest BCUT2D eigenvalue weighted by Crippen LogP contribution is -2.16. The average molecular weight is 445 g/mol. The second-order valence-corrected chi connectivity index (χ2v) is 7.93. The Hall–Kier alpha value is -2.53. The van der Waals surface area contributed by atoms with Gasteiger partial charge in [-0.1, -0.05) is 69.2 Å². The van der Waals surface area contributed by atoms with E-state index in [0.29, 0.717) is 29.5 Å². The minimum atomic E-state index is -0.0558. The molecule has 0 aliphatic rings. The number of methoxy groups -OCH3 is 1. The summed E-state index contributed by atoms with van der Waals surface area (Å²) in [6.07, 6.45) is 10.4. The Kier molecular flexibility index (Phi) is 11.5. The zero-order chi connectivity index (χ0) is 22.3. The van der Waals surface area contributed by atoms with Crippen LogP contribution in [0, 0.1) is 0 Å². The lowest BCUT2D eigenvalue weighted by Gasteiger charge is -2.11. The molecule has 0 heterocycles. The second kappa shape index (κ2) is 14.5. The lowest BCUT2D eigenvalue weighted by atomic mass is 10.1. The molecule has 0 saturated heterocycles. The van der Waals surface area contributed by atoms with Gasteiger partial charge in [-0.2, -0.15) is 5.10 Å². The highest BCUT2D eigenvalue weighted by molar-refractivity contribution is 6.30. The number of ether oxygens (including phenoxy) is 2. The first-order chi connectivity index (χ1) is 15.1. The number of hydrazone groups is 1. The molecule has 0 aliphatic heterocycles. The van der Waals surface area contributed by atoms with Gasteiger partial charge in [-0.05, 0) is 47.9 Å². The predicted molar refractivity (Wildman–Crippen MR) is 127 cm³/mol. The van der Waals surface area contributed by atoms with Crippen molar-refractivity contribution in [2.24, 2.45) is 5.10 Å². The smallest absolute Gasteiger partial charge is 0.240 e. The van der Waals surface area contributed by atoms with Crippen molar-refractivity contribution in [3.8, 4) is 11.5 Å². The summed E-state index contributed by atoms with van der Waals surface area (Å²) in [5.74, 6) is 1.18. The number of unbranched alkanes of at least 4 members (excludes halogenated alkanes) is 6. The molecular weight excluding hydrogens is 412 g/mol. The van der Waals surface area contributed by atoms with Crippen LogP contribution in [0.5, 0.6) is 11.5 Å². The van der Waals surface area contributed by atoms with Crippen LogP contribution >= 0.6 is 11.6 Å². The monoisotopic (exact) mass is 444 g/mol. The second-order valence-electron chi connectivity index (χ2n) is 7.49. The first-order valence-corrected chi connectivity index (χ1v) is 11.4. The molecule has 31 heavy (non-hydrogen) atoms. The van der Waals surface area contributed by atoms with E-state index in [1.165, 1.54) is 32.1 Å². The zero-order valence-electron chi connectivity index (χ0n) is 18.5. The van der Waals surface area contributed by atoms with Crippen molar-refractivity contribution in [3.05, 3.63) is 58.6 Å². The van der Waals surface area contributed by atoms with E-state index < -0.39 is 0 Å². The molecule has 2 aromatic rings. The van der Waals surface area contributed by atoms with Gasteiger partial charge in [-0.25, -0.2) is 5.43 Å². The summed E-state index contributed by atoms with van der Waals surface area (Å²) < 4.78 is 11.3. The Bertz CT molecular complexity index is 822. The lowest BCUT2D eigenvalue weighted by molar-refractivity contribution is -0.121. The fraction of sp³-hybridized carbons (Fsp3) is 0.440. The fourth-order valence-electron chi connectivity index (χ4n) is 3.10. The maximum absolute atomic E-state index is 11.9. The van der Waals surface area contributed by atoms with Gasteiger partial charge in [0, 0.05) is 11.4 Å². The van der Waals surface area contributed by atoms with E-state index in [-0.39, 0.29) is 5.91 Å². The summed E-state index contributed by atoms with van der Waals surface area (Å²) >= 11 is 5.91. The molecule has 2 rings (SSSR count). The molecule has 1 amide bonds. The van der Waals surface area contributed by atoms with E-state index in [2.05, 4.69) is 17.5 Å². The number of benzene rings is 2. The molecule has 0 bridgehead atoms. The van der Waals surface area contributed by atoms with Crippen LogP contribution in [0.15, 0.2) is 47.6 Å². The van der Waals surface area contributed by atoms with Crippen molar-refractivity contribution in [3.63, 3.8) is 0 Å². The Balaban J connectivity index is 1.75. The van der Waals surface area contributed by atoms with Gasteiger partial charge in [0.15, 0.2) is 11.5 Å². The highest BCUT2D eigenvalue weighted by atomic mass is 35.5. The quantitative estimate of drug-likeness (QED) is 0.205. The molecule has 0 aromatic heterocycles. The van der Waals surface area contributed by atoms with E-state index in [9.17, 15) is 4.79 Å². The Morgan fingerprint density at radius 1 is 1.00 bits per heavy atom. The standard InChI is InChI=1S/C25H33ClN2O3/c1-3-4-5-6-7-8-9-10-25(29)28-27-18-21-13-16-23(24(17-21)30-2)31-19-20-11-14-22(26)15-12-20/h11-18H,3-10,19H2,1-2H3,(H,28,29)/b27-18+. The molecule has 0 aliphatic carbocycles. The molecule has 0 unspecified atom stereocenters. The number of carbonyl (C=O) groups is 1. The molecule has 6 heteroatoms. The van der Waals surface area contributed by atoms with Crippen LogP contribution in [-0.2, 0) is 11.4 Å². The molecule has 2 aromatic carbocycles. The predicted octanol–water partition coefficient (Wildman–Crippen LogP) is 6.52. The van der Waals surface area contributed by atoms with Gasteiger partial charge >= 0.3 is 0 Å². The third kappa shape index (κ3) is 9.88. The van der Waals surface area contributed by atoms with Gasteiger partial charge in [0.1, 0.15) is 6.61 Å². The van der Waals surface area contributed by atoms with E-state index in [0.717, 1.165) is 24.0 Å². The van der Waals surface area contributed by atoms with E-state index in [1.54, 1.807) is 13.3 Å². The van der Waals surface area contributed by atoms with Crippen LogP contribution in [0.3, 0.4) is 0 Å². The third-order valence-corrected chi connectivity index (χ3v) is 5.16. The van der Waals surface area contributed by atoms with Crippen molar-refractivity contribution < 1.29 is 14.3 Å².